The Bertz CT molecular complexity index is 1070. The Morgan fingerprint density at radius 3 is 2.14 bits per heavy atom. The van der Waals surface area contributed by atoms with Gasteiger partial charge in [0.15, 0.2) is 0 Å². The van der Waals surface area contributed by atoms with E-state index < -0.39 is 23.5 Å². The van der Waals surface area contributed by atoms with Gasteiger partial charge in [0.05, 0.1) is 0 Å². The molecule has 0 saturated heterocycles. The molecule has 0 bridgehead atoms. The Balaban J connectivity index is 2.79. The van der Waals surface area contributed by atoms with Crippen LogP contribution in [-0.4, -0.2) is 16.6 Å². The molecule has 2 atom stereocenters. The molecule has 0 N–H and O–H groups in total. The molecule has 210 valence electrons. The maximum absolute atomic E-state index is 7.68. The molecule has 0 aliphatic heterocycles. The van der Waals surface area contributed by atoms with Crippen molar-refractivity contribution in [2.24, 2.45) is 5.92 Å². The van der Waals surface area contributed by atoms with Crippen molar-refractivity contribution in [3.63, 3.8) is 0 Å². The first-order chi connectivity index (χ1) is 18.0. The first-order valence-corrected chi connectivity index (χ1v) is 20.1. The van der Waals surface area contributed by atoms with Crippen LogP contribution in [0, 0.1) is 5.92 Å². The van der Waals surface area contributed by atoms with Crippen molar-refractivity contribution in [2.75, 3.05) is 0 Å². The summed E-state index contributed by atoms with van der Waals surface area (Å²) >= 11 is 0. The van der Waals surface area contributed by atoms with E-state index in [9.17, 15) is 0 Å². The number of rotatable bonds is 10. The van der Waals surface area contributed by atoms with Gasteiger partial charge < -0.3 is 8.85 Å². The lowest BCUT2D eigenvalue weighted by Gasteiger charge is -2.40. The Morgan fingerprint density at radius 2 is 1.59 bits per heavy atom. The third-order valence-electron chi connectivity index (χ3n) is 9.14. The van der Waals surface area contributed by atoms with Gasteiger partial charge in [-0.05, 0) is 93.3 Å². The van der Waals surface area contributed by atoms with E-state index in [4.69, 9.17) is 13.0 Å². The number of hydrogen-bond acceptors (Lipinski definition) is 2. The molecule has 0 radical (unpaired) electrons. The van der Waals surface area contributed by atoms with Crippen molar-refractivity contribution in [1.82, 2.24) is 0 Å². The molecular weight excluding hydrogens is 485 g/mol. The van der Waals surface area contributed by atoms with Crippen LogP contribution in [0.2, 0.25) is 36.3 Å². The van der Waals surface area contributed by atoms with Crippen LogP contribution in [0.25, 0.3) is 0 Å². The fourth-order valence-electron chi connectivity index (χ4n) is 4.61. The smallest absolute Gasteiger partial charge is 0.250 e. The average molecular weight is 549 g/mol. The summed E-state index contributed by atoms with van der Waals surface area (Å²) in [5, 5.41) is 0.118. The van der Waals surface area contributed by atoms with Crippen molar-refractivity contribution < 1.29 is 13.0 Å². The second-order valence-corrected chi connectivity index (χ2v) is 23.9. The van der Waals surface area contributed by atoms with Gasteiger partial charge in [0.1, 0.15) is 11.5 Å². The summed E-state index contributed by atoms with van der Waals surface area (Å²) in [6, 6.07) is 4.42. The molecule has 1 aromatic rings. The van der Waals surface area contributed by atoms with Gasteiger partial charge in [-0.3, -0.25) is 0 Å². The lowest BCUT2D eigenvalue weighted by atomic mass is 9.72. The molecule has 37 heavy (non-hydrogen) atoms. The molecule has 0 heterocycles. The molecule has 0 fully saturated rings. The first-order valence-electron chi connectivity index (χ1n) is 15.8. The molecule has 1 aliphatic rings. The van der Waals surface area contributed by atoms with Crippen LogP contribution in [0.1, 0.15) is 116 Å². The minimum atomic E-state index is -2.17. The lowest BCUT2D eigenvalue weighted by molar-refractivity contribution is 0.443. The molecule has 2 rings (SSSR count). The SMILES string of the molecule is [3H]C([3H])([3H])CCCCc1cc(O[Si](C)(C)C(C)(C)C)cc(O[Si](C)(C)C(C)(C)C)c1[C@@H]1C=C(C)CC[C@H]1C(=C)C. The van der Waals surface area contributed by atoms with Gasteiger partial charge in [0, 0.05) is 21.7 Å². The summed E-state index contributed by atoms with van der Waals surface area (Å²) in [7, 11) is -4.27. The van der Waals surface area contributed by atoms with Crippen molar-refractivity contribution in [1.29, 1.82) is 0 Å². The second-order valence-electron chi connectivity index (χ2n) is 14.5. The summed E-state index contributed by atoms with van der Waals surface area (Å²) in [5.74, 6) is 2.37. The van der Waals surface area contributed by atoms with Crippen molar-refractivity contribution >= 4 is 16.6 Å². The number of aryl methyl sites for hydroxylation is 1. The Morgan fingerprint density at radius 1 is 1.00 bits per heavy atom. The van der Waals surface area contributed by atoms with Crippen LogP contribution in [0.15, 0.2) is 35.9 Å². The molecule has 1 aromatic carbocycles. The van der Waals surface area contributed by atoms with E-state index in [1.807, 2.05) is 0 Å². The largest absolute Gasteiger partial charge is 0.543 e. The van der Waals surface area contributed by atoms with Gasteiger partial charge in [-0.1, -0.05) is 85.0 Å². The van der Waals surface area contributed by atoms with Gasteiger partial charge in [-0.2, -0.15) is 0 Å². The van der Waals surface area contributed by atoms with E-state index in [1.165, 1.54) is 22.3 Å². The molecule has 4 heteroatoms. The van der Waals surface area contributed by atoms with Crippen LogP contribution < -0.4 is 8.85 Å². The average Bonchev–Trinajstić information content (AvgIpc) is 2.73. The topological polar surface area (TPSA) is 18.5 Å². The minimum absolute atomic E-state index is 0.0481. The zero-order valence-corrected chi connectivity index (χ0v) is 28.2. The fraction of sp³-hybridized carbons (Fsp3) is 0.697. The highest BCUT2D eigenvalue weighted by molar-refractivity contribution is 6.75. The molecule has 0 unspecified atom stereocenters. The molecule has 0 amide bonds. The number of unbranched alkanes of at least 4 members (excludes halogenated alkanes) is 1. The highest BCUT2D eigenvalue weighted by atomic mass is 28.4. The summed E-state index contributed by atoms with van der Waals surface area (Å²) in [4.78, 5) is 0. The monoisotopic (exact) mass is 548 g/mol. The highest BCUT2D eigenvalue weighted by Crippen LogP contribution is 2.49. The number of allylic oxidation sites excluding steroid dienone is 3. The standard InChI is InChI=1S/C33H58O2Si2/c1-15-16-17-18-26-22-27(34-36(11,12)32(5,6)7)23-30(35-37(13,14)33(8,9)10)31(26)29-21-25(4)19-20-28(29)24(2)3/h21-23,28-29H,2,15-20H2,1,3-14H3/t28-,29+/m0/s1/i1T3. The van der Waals surface area contributed by atoms with Crippen LogP contribution in [-0.2, 0) is 6.42 Å². The number of hydrogen-bond donors (Lipinski definition) is 0. The molecule has 0 spiro atoms. The highest BCUT2D eigenvalue weighted by Gasteiger charge is 2.42. The van der Waals surface area contributed by atoms with Gasteiger partial charge in [-0.15, -0.1) is 0 Å². The zero-order valence-electron chi connectivity index (χ0n) is 29.2. The Hall–Kier alpha value is -1.27. The van der Waals surface area contributed by atoms with Gasteiger partial charge in [0.25, 0.3) is 0 Å². The Kier molecular flexibility index (Phi) is 8.75. The summed E-state index contributed by atoms with van der Waals surface area (Å²) in [5.41, 5.74) is 5.11. The quantitative estimate of drug-likeness (QED) is 0.164. The molecule has 2 nitrogen and oxygen atoms in total. The van der Waals surface area contributed by atoms with Crippen LogP contribution in [0.4, 0.5) is 0 Å². The van der Waals surface area contributed by atoms with Gasteiger partial charge >= 0.3 is 0 Å². The van der Waals surface area contributed by atoms with Crippen LogP contribution in [0.3, 0.4) is 0 Å². The second kappa shape index (κ2) is 11.9. The number of benzene rings is 1. The maximum atomic E-state index is 7.68. The molecule has 1 aliphatic carbocycles. The van der Waals surface area contributed by atoms with E-state index in [0.717, 1.165) is 37.2 Å². The molecule has 0 saturated carbocycles. The van der Waals surface area contributed by atoms with Gasteiger partial charge in [-0.25, -0.2) is 0 Å². The summed E-state index contributed by atoms with van der Waals surface area (Å²) in [6.45, 7) is 29.8. The van der Waals surface area contributed by atoms with Crippen LogP contribution >= 0.6 is 0 Å². The minimum Gasteiger partial charge on any atom is -0.543 e. The predicted molar refractivity (Wildman–Crippen MR) is 169 cm³/mol. The third-order valence-corrected chi connectivity index (χ3v) is 17.8. The van der Waals surface area contributed by atoms with Crippen LogP contribution in [0.5, 0.6) is 11.5 Å². The van der Waals surface area contributed by atoms with E-state index >= 15 is 0 Å². The molecular formula is C33H58O2Si2. The zero-order chi connectivity index (χ0) is 30.9. The Labute approximate surface area is 236 Å². The third kappa shape index (κ3) is 7.88. The molecule has 0 aromatic heterocycles. The van der Waals surface area contributed by atoms with Crippen molar-refractivity contribution in [3.05, 3.63) is 47.1 Å². The normalized spacial score (nSPS) is 21.0. The van der Waals surface area contributed by atoms with Crippen molar-refractivity contribution in [3.8, 4) is 11.5 Å². The van der Waals surface area contributed by atoms with E-state index in [-0.39, 0.29) is 22.4 Å². The lowest BCUT2D eigenvalue weighted by Crippen LogP contribution is -2.45. The fourth-order valence-corrected chi connectivity index (χ4v) is 6.65. The first kappa shape index (κ1) is 27.3. The van der Waals surface area contributed by atoms with E-state index in [2.05, 4.69) is 106 Å². The van der Waals surface area contributed by atoms with E-state index in [1.54, 1.807) is 0 Å². The maximum Gasteiger partial charge on any atom is 0.250 e. The summed E-state index contributed by atoms with van der Waals surface area (Å²) in [6.07, 6.45) is 7.16. The predicted octanol–water partition coefficient (Wildman–Crippen LogP) is 11.2. The van der Waals surface area contributed by atoms with Crippen molar-refractivity contribution in [2.45, 2.75) is 143 Å². The summed E-state index contributed by atoms with van der Waals surface area (Å²) < 4.78 is 37.1. The van der Waals surface area contributed by atoms with Gasteiger partial charge in [0.2, 0.25) is 16.6 Å². The van der Waals surface area contributed by atoms with E-state index in [0.29, 0.717) is 12.3 Å².